The second-order valence-corrected chi connectivity index (χ2v) is 3.37. The Morgan fingerprint density at radius 2 is 2.00 bits per heavy atom. The average Bonchev–Trinajstić information content (AvgIpc) is 2.80. The number of hydrogen-bond donors (Lipinski definition) is 1. The van der Waals surface area contributed by atoms with E-state index < -0.39 is 0 Å². The molecule has 4 nitrogen and oxygen atoms in total. The first-order chi connectivity index (χ1) is 7.40. The van der Waals surface area contributed by atoms with E-state index in [4.69, 9.17) is 5.11 Å². The molecule has 0 saturated heterocycles. The number of nitrogens with zero attached hydrogens (tertiary/aromatic N) is 3. The van der Waals surface area contributed by atoms with Gasteiger partial charge in [-0.05, 0) is 30.5 Å². The minimum Gasteiger partial charge on any atom is -0.396 e. The van der Waals surface area contributed by atoms with Crippen LogP contribution in [0.1, 0.15) is 12.0 Å². The van der Waals surface area contributed by atoms with Gasteiger partial charge in [0.1, 0.15) is 12.7 Å². The fraction of sp³-hybridized carbons (Fsp3) is 0.273. The minimum atomic E-state index is 0.233. The summed E-state index contributed by atoms with van der Waals surface area (Å²) in [6.07, 6.45) is 5.04. The molecule has 78 valence electrons. The maximum atomic E-state index is 8.76. The molecule has 0 aliphatic heterocycles. The summed E-state index contributed by atoms with van der Waals surface area (Å²) in [6, 6.07) is 8.15. The first-order valence-electron chi connectivity index (χ1n) is 4.95. The Morgan fingerprint density at radius 1 is 1.20 bits per heavy atom. The van der Waals surface area contributed by atoms with Crippen LogP contribution in [0.3, 0.4) is 0 Å². The van der Waals surface area contributed by atoms with Gasteiger partial charge in [-0.15, -0.1) is 10.2 Å². The Morgan fingerprint density at radius 3 is 2.73 bits per heavy atom. The average molecular weight is 203 g/mol. The van der Waals surface area contributed by atoms with Gasteiger partial charge in [0.2, 0.25) is 0 Å². The van der Waals surface area contributed by atoms with Crippen LogP contribution in [0.25, 0.3) is 5.69 Å². The number of rotatable bonds is 4. The number of aliphatic hydroxyl groups is 1. The SMILES string of the molecule is OCCCc1cccc(-n2cnnc2)c1. The highest BCUT2D eigenvalue weighted by Crippen LogP contribution is 2.11. The van der Waals surface area contributed by atoms with Crippen molar-refractivity contribution in [1.82, 2.24) is 14.8 Å². The number of aryl methyl sites for hydroxylation is 1. The van der Waals surface area contributed by atoms with Crippen LogP contribution in [0.5, 0.6) is 0 Å². The molecule has 1 aromatic carbocycles. The Labute approximate surface area is 88.2 Å². The van der Waals surface area contributed by atoms with Crippen molar-refractivity contribution in [2.75, 3.05) is 6.61 Å². The molecule has 1 heterocycles. The van der Waals surface area contributed by atoms with E-state index in [0.29, 0.717) is 0 Å². The second kappa shape index (κ2) is 4.70. The van der Waals surface area contributed by atoms with Crippen molar-refractivity contribution in [3.05, 3.63) is 42.5 Å². The third kappa shape index (κ3) is 2.41. The number of aliphatic hydroxyl groups excluding tert-OH is 1. The molecule has 0 aliphatic carbocycles. The maximum absolute atomic E-state index is 8.76. The van der Waals surface area contributed by atoms with Crippen molar-refractivity contribution in [1.29, 1.82) is 0 Å². The molecule has 0 fully saturated rings. The van der Waals surface area contributed by atoms with Gasteiger partial charge < -0.3 is 5.11 Å². The lowest BCUT2D eigenvalue weighted by molar-refractivity contribution is 0.288. The van der Waals surface area contributed by atoms with Crippen LogP contribution < -0.4 is 0 Å². The summed E-state index contributed by atoms with van der Waals surface area (Å²) < 4.78 is 1.86. The topological polar surface area (TPSA) is 50.9 Å². The van der Waals surface area contributed by atoms with Crippen molar-refractivity contribution in [3.8, 4) is 5.69 Å². The molecule has 0 radical (unpaired) electrons. The lowest BCUT2D eigenvalue weighted by Gasteiger charge is -2.04. The molecule has 0 saturated carbocycles. The minimum absolute atomic E-state index is 0.233. The molecule has 15 heavy (non-hydrogen) atoms. The predicted molar refractivity (Wildman–Crippen MR) is 56.8 cm³/mol. The lowest BCUT2D eigenvalue weighted by Crippen LogP contribution is -1.94. The fourth-order valence-corrected chi connectivity index (χ4v) is 1.49. The number of aromatic nitrogens is 3. The zero-order chi connectivity index (χ0) is 10.5. The van der Waals surface area contributed by atoms with Gasteiger partial charge in [-0.25, -0.2) is 0 Å². The Balaban J connectivity index is 2.19. The molecule has 0 atom stereocenters. The van der Waals surface area contributed by atoms with Gasteiger partial charge in [0.05, 0.1) is 0 Å². The number of hydrogen-bond acceptors (Lipinski definition) is 3. The quantitative estimate of drug-likeness (QED) is 0.812. The van der Waals surface area contributed by atoms with Gasteiger partial charge in [0.15, 0.2) is 0 Å². The summed E-state index contributed by atoms with van der Waals surface area (Å²) in [7, 11) is 0. The van der Waals surface area contributed by atoms with E-state index in [1.54, 1.807) is 12.7 Å². The van der Waals surface area contributed by atoms with Crippen LogP contribution >= 0.6 is 0 Å². The van der Waals surface area contributed by atoms with Crippen LogP contribution in [0.4, 0.5) is 0 Å². The van der Waals surface area contributed by atoms with E-state index in [-0.39, 0.29) is 6.61 Å². The van der Waals surface area contributed by atoms with Gasteiger partial charge in [-0.1, -0.05) is 12.1 Å². The molecular formula is C11H13N3O. The van der Waals surface area contributed by atoms with Gasteiger partial charge in [-0.3, -0.25) is 4.57 Å². The molecule has 0 aliphatic rings. The smallest absolute Gasteiger partial charge is 0.123 e. The van der Waals surface area contributed by atoms with Crippen molar-refractivity contribution >= 4 is 0 Å². The van der Waals surface area contributed by atoms with Gasteiger partial charge in [0, 0.05) is 12.3 Å². The van der Waals surface area contributed by atoms with Crippen LogP contribution in [0, 0.1) is 0 Å². The molecule has 2 aromatic rings. The highest BCUT2D eigenvalue weighted by molar-refractivity contribution is 5.35. The summed E-state index contributed by atoms with van der Waals surface area (Å²) in [6.45, 7) is 0.233. The van der Waals surface area contributed by atoms with E-state index in [1.165, 1.54) is 5.56 Å². The van der Waals surface area contributed by atoms with Gasteiger partial charge in [-0.2, -0.15) is 0 Å². The maximum Gasteiger partial charge on any atom is 0.123 e. The molecule has 2 rings (SSSR count). The van der Waals surface area contributed by atoms with Gasteiger partial charge in [0.25, 0.3) is 0 Å². The first kappa shape index (κ1) is 9.86. The van der Waals surface area contributed by atoms with E-state index in [1.807, 2.05) is 16.7 Å². The third-order valence-corrected chi connectivity index (χ3v) is 2.25. The van der Waals surface area contributed by atoms with Crippen molar-refractivity contribution in [2.45, 2.75) is 12.8 Å². The highest BCUT2D eigenvalue weighted by Gasteiger charge is 1.98. The summed E-state index contributed by atoms with van der Waals surface area (Å²) in [4.78, 5) is 0. The Bertz CT molecular complexity index is 412. The van der Waals surface area contributed by atoms with Crippen LogP contribution in [-0.2, 0) is 6.42 Å². The fourth-order valence-electron chi connectivity index (χ4n) is 1.49. The van der Waals surface area contributed by atoms with E-state index in [0.717, 1.165) is 18.5 Å². The van der Waals surface area contributed by atoms with Crippen LogP contribution in [-0.4, -0.2) is 26.5 Å². The Kier molecular flexibility index (Phi) is 3.09. The zero-order valence-electron chi connectivity index (χ0n) is 8.37. The molecule has 4 heteroatoms. The molecule has 0 unspecified atom stereocenters. The summed E-state index contributed by atoms with van der Waals surface area (Å²) in [5.74, 6) is 0. The largest absolute Gasteiger partial charge is 0.396 e. The normalized spacial score (nSPS) is 10.5. The molecule has 0 bridgehead atoms. The van der Waals surface area contributed by atoms with Crippen LogP contribution in [0.15, 0.2) is 36.9 Å². The van der Waals surface area contributed by atoms with Crippen molar-refractivity contribution in [2.24, 2.45) is 0 Å². The molecule has 0 spiro atoms. The first-order valence-corrected chi connectivity index (χ1v) is 4.95. The molecular weight excluding hydrogens is 190 g/mol. The van der Waals surface area contributed by atoms with Crippen molar-refractivity contribution in [3.63, 3.8) is 0 Å². The number of benzene rings is 1. The molecule has 0 amide bonds. The summed E-state index contributed by atoms with van der Waals surface area (Å²) in [5.41, 5.74) is 2.27. The summed E-state index contributed by atoms with van der Waals surface area (Å²) in [5, 5.41) is 16.3. The van der Waals surface area contributed by atoms with E-state index in [2.05, 4.69) is 22.3 Å². The summed E-state index contributed by atoms with van der Waals surface area (Å²) >= 11 is 0. The Hall–Kier alpha value is -1.68. The molecule has 1 N–H and O–H groups in total. The molecule has 1 aromatic heterocycles. The standard InChI is InChI=1S/C11H13N3O/c15-6-2-4-10-3-1-5-11(7-10)14-8-12-13-9-14/h1,3,5,7-9,15H,2,4,6H2. The van der Waals surface area contributed by atoms with Crippen LogP contribution in [0.2, 0.25) is 0 Å². The van der Waals surface area contributed by atoms with Crippen molar-refractivity contribution < 1.29 is 5.11 Å². The predicted octanol–water partition coefficient (Wildman–Crippen LogP) is 1.19. The van der Waals surface area contributed by atoms with E-state index in [9.17, 15) is 0 Å². The second-order valence-electron chi connectivity index (χ2n) is 3.37. The zero-order valence-corrected chi connectivity index (χ0v) is 8.37. The van der Waals surface area contributed by atoms with Gasteiger partial charge >= 0.3 is 0 Å². The third-order valence-electron chi connectivity index (χ3n) is 2.25. The van der Waals surface area contributed by atoms with E-state index >= 15 is 0 Å². The monoisotopic (exact) mass is 203 g/mol. The highest BCUT2D eigenvalue weighted by atomic mass is 16.2. The lowest BCUT2D eigenvalue weighted by atomic mass is 10.1.